The van der Waals surface area contributed by atoms with Gasteiger partial charge in [0.25, 0.3) is 0 Å². The van der Waals surface area contributed by atoms with Crippen molar-refractivity contribution in [3.05, 3.63) is 35.6 Å². The molecular formula is C17H23NO. The molecule has 2 aromatic rings. The molecule has 0 aliphatic heterocycles. The summed E-state index contributed by atoms with van der Waals surface area (Å²) < 4.78 is 5.96. The molecule has 0 amide bonds. The average molecular weight is 257 g/mol. The van der Waals surface area contributed by atoms with Crippen molar-refractivity contribution in [3.63, 3.8) is 0 Å². The Morgan fingerprint density at radius 3 is 2.63 bits per heavy atom. The van der Waals surface area contributed by atoms with E-state index in [9.17, 15) is 0 Å². The number of aryl methyl sites for hydroxylation is 1. The van der Waals surface area contributed by atoms with Gasteiger partial charge in [-0.25, -0.2) is 0 Å². The molecule has 0 atom stereocenters. The van der Waals surface area contributed by atoms with Gasteiger partial charge in [-0.1, -0.05) is 32.0 Å². The van der Waals surface area contributed by atoms with Crippen molar-refractivity contribution in [3.8, 4) is 0 Å². The van der Waals surface area contributed by atoms with E-state index in [-0.39, 0.29) is 0 Å². The number of para-hydroxylation sites is 1. The maximum absolute atomic E-state index is 5.96. The maximum Gasteiger partial charge on any atom is 0.134 e. The molecule has 1 aromatic carbocycles. The smallest absolute Gasteiger partial charge is 0.134 e. The summed E-state index contributed by atoms with van der Waals surface area (Å²) in [5, 5.41) is 5.07. The molecule has 1 aromatic heterocycles. The van der Waals surface area contributed by atoms with Crippen LogP contribution in [0.3, 0.4) is 0 Å². The molecule has 1 heterocycles. The second kappa shape index (κ2) is 5.01. The van der Waals surface area contributed by atoms with E-state index in [4.69, 9.17) is 4.42 Å². The Bertz CT molecular complexity index is 560. The van der Waals surface area contributed by atoms with Crippen LogP contribution in [0.15, 0.2) is 28.7 Å². The van der Waals surface area contributed by atoms with Gasteiger partial charge >= 0.3 is 0 Å². The van der Waals surface area contributed by atoms with Gasteiger partial charge in [-0.3, -0.25) is 0 Å². The van der Waals surface area contributed by atoms with Gasteiger partial charge in [-0.2, -0.15) is 0 Å². The van der Waals surface area contributed by atoms with E-state index >= 15 is 0 Å². The minimum atomic E-state index is 0.392. The minimum absolute atomic E-state index is 0.392. The number of rotatable bonds is 5. The molecule has 19 heavy (non-hydrogen) atoms. The second-order valence-electron chi connectivity index (χ2n) is 5.69. The largest absolute Gasteiger partial charge is 0.461 e. The van der Waals surface area contributed by atoms with Gasteiger partial charge in [0, 0.05) is 29.5 Å². The number of hydrogen-bond donors (Lipinski definition) is 1. The zero-order chi connectivity index (χ0) is 13.3. The summed E-state index contributed by atoms with van der Waals surface area (Å²) >= 11 is 0. The molecule has 0 bridgehead atoms. The van der Waals surface area contributed by atoms with E-state index in [1.54, 1.807) is 0 Å². The average Bonchev–Trinajstić information content (AvgIpc) is 2.76. The van der Waals surface area contributed by atoms with Gasteiger partial charge in [0.05, 0.1) is 0 Å². The molecule has 2 nitrogen and oxygen atoms in total. The molecule has 0 saturated heterocycles. The first-order valence-corrected chi connectivity index (χ1v) is 7.52. The van der Waals surface area contributed by atoms with Gasteiger partial charge < -0.3 is 9.73 Å². The lowest BCUT2D eigenvalue weighted by Gasteiger charge is -2.42. The molecule has 2 heteroatoms. The predicted molar refractivity (Wildman–Crippen MR) is 79.3 cm³/mol. The molecule has 0 unspecified atom stereocenters. The molecule has 1 aliphatic carbocycles. The number of furan rings is 1. The van der Waals surface area contributed by atoms with E-state index in [1.807, 2.05) is 6.07 Å². The molecule has 1 fully saturated rings. The van der Waals surface area contributed by atoms with Crippen molar-refractivity contribution >= 4 is 11.0 Å². The molecule has 1 saturated carbocycles. The quantitative estimate of drug-likeness (QED) is 0.858. The van der Waals surface area contributed by atoms with Crippen LogP contribution in [0.1, 0.15) is 50.9 Å². The maximum atomic E-state index is 5.96. The lowest BCUT2D eigenvalue weighted by molar-refractivity contribution is 0.175. The molecule has 1 N–H and O–H groups in total. The Morgan fingerprint density at radius 2 is 2.00 bits per heavy atom. The van der Waals surface area contributed by atoms with Crippen molar-refractivity contribution in [2.75, 3.05) is 0 Å². The molecule has 102 valence electrons. The zero-order valence-electron chi connectivity index (χ0n) is 12.0. The number of nitrogens with one attached hydrogen (secondary N) is 1. The molecule has 1 aliphatic rings. The summed E-state index contributed by atoms with van der Waals surface area (Å²) in [5.74, 6) is 1.14. The van der Waals surface area contributed by atoms with Gasteiger partial charge in [0.2, 0.25) is 0 Å². The summed E-state index contributed by atoms with van der Waals surface area (Å²) in [6.45, 7) is 5.40. The van der Waals surface area contributed by atoms with Gasteiger partial charge in [-0.05, 0) is 31.7 Å². The van der Waals surface area contributed by atoms with Crippen molar-refractivity contribution in [1.29, 1.82) is 0 Å². The van der Waals surface area contributed by atoms with Crippen molar-refractivity contribution in [2.45, 2.75) is 58.0 Å². The standard InChI is InChI=1S/C17H23NO/c1-3-15-14(12-18-17(4-2)10-7-11-17)13-8-5-6-9-16(13)19-15/h5-6,8-9,18H,3-4,7,10-12H2,1-2H3. The summed E-state index contributed by atoms with van der Waals surface area (Å²) in [4.78, 5) is 0. The lowest BCUT2D eigenvalue weighted by Crippen LogP contribution is -2.49. The Hall–Kier alpha value is -1.28. The Kier molecular flexibility index (Phi) is 3.36. The lowest BCUT2D eigenvalue weighted by atomic mass is 9.75. The van der Waals surface area contributed by atoms with Crippen molar-refractivity contribution in [2.24, 2.45) is 0 Å². The Balaban J connectivity index is 1.87. The predicted octanol–water partition coefficient (Wildman–Crippen LogP) is 4.42. The van der Waals surface area contributed by atoms with Gasteiger partial charge in [0.1, 0.15) is 11.3 Å². The van der Waals surface area contributed by atoms with Crippen LogP contribution < -0.4 is 5.32 Å². The SMILES string of the molecule is CCc1oc2ccccc2c1CNC1(CC)CCC1. The molecule has 0 spiro atoms. The Morgan fingerprint density at radius 1 is 1.21 bits per heavy atom. The first-order chi connectivity index (χ1) is 9.28. The van der Waals surface area contributed by atoms with E-state index in [2.05, 4.69) is 37.4 Å². The molecular weight excluding hydrogens is 234 g/mol. The van der Waals surface area contributed by atoms with Crippen LogP contribution in [0.2, 0.25) is 0 Å². The normalized spacial score (nSPS) is 17.6. The van der Waals surface area contributed by atoms with Crippen LogP contribution in [0.25, 0.3) is 11.0 Å². The summed E-state index contributed by atoms with van der Waals surface area (Å²) in [7, 11) is 0. The monoisotopic (exact) mass is 257 g/mol. The highest BCUT2D eigenvalue weighted by atomic mass is 16.3. The summed E-state index contributed by atoms with van der Waals surface area (Å²) in [6, 6.07) is 8.38. The van der Waals surface area contributed by atoms with Gasteiger partial charge in [-0.15, -0.1) is 0 Å². The first-order valence-electron chi connectivity index (χ1n) is 7.52. The molecule has 3 rings (SSSR count). The number of fused-ring (bicyclic) bond motifs is 1. The van der Waals surface area contributed by atoms with E-state index in [0.717, 1.165) is 24.3 Å². The van der Waals surface area contributed by atoms with Crippen molar-refractivity contribution in [1.82, 2.24) is 5.32 Å². The second-order valence-corrected chi connectivity index (χ2v) is 5.69. The third-order valence-electron chi connectivity index (χ3n) is 4.73. The third kappa shape index (κ3) is 2.18. The van der Waals surface area contributed by atoms with E-state index in [1.165, 1.54) is 36.6 Å². The fourth-order valence-electron chi connectivity index (χ4n) is 3.16. The van der Waals surface area contributed by atoms with Crippen LogP contribution >= 0.6 is 0 Å². The highest BCUT2D eigenvalue weighted by Gasteiger charge is 2.34. The highest BCUT2D eigenvalue weighted by Crippen LogP contribution is 2.35. The van der Waals surface area contributed by atoms with Crippen LogP contribution in [-0.4, -0.2) is 5.54 Å². The first kappa shape index (κ1) is 12.7. The van der Waals surface area contributed by atoms with Crippen LogP contribution in [0.5, 0.6) is 0 Å². The Labute approximate surface area is 115 Å². The van der Waals surface area contributed by atoms with E-state index in [0.29, 0.717) is 5.54 Å². The van der Waals surface area contributed by atoms with Crippen molar-refractivity contribution < 1.29 is 4.42 Å². The minimum Gasteiger partial charge on any atom is -0.461 e. The number of benzene rings is 1. The summed E-state index contributed by atoms with van der Waals surface area (Å²) in [5.41, 5.74) is 2.77. The molecule has 0 radical (unpaired) electrons. The fourth-order valence-corrected chi connectivity index (χ4v) is 3.16. The summed E-state index contributed by atoms with van der Waals surface area (Å²) in [6.07, 6.45) is 6.20. The highest BCUT2D eigenvalue weighted by molar-refractivity contribution is 5.82. The van der Waals surface area contributed by atoms with Gasteiger partial charge in [0.15, 0.2) is 0 Å². The van der Waals surface area contributed by atoms with Crippen LogP contribution in [-0.2, 0) is 13.0 Å². The fraction of sp³-hybridized carbons (Fsp3) is 0.529. The number of hydrogen-bond acceptors (Lipinski definition) is 2. The van der Waals surface area contributed by atoms with Crippen LogP contribution in [0, 0.1) is 0 Å². The van der Waals surface area contributed by atoms with E-state index < -0.39 is 0 Å². The zero-order valence-corrected chi connectivity index (χ0v) is 12.0. The third-order valence-corrected chi connectivity index (χ3v) is 4.73. The topological polar surface area (TPSA) is 25.2 Å². The van der Waals surface area contributed by atoms with Crippen LogP contribution in [0.4, 0.5) is 0 Å².